The molecular formula is C29H32N2O2. The summed E-state index contributed by atoms with van der Waals surface area (Å²) in [6, 6.07) is 22.6. The Labute approximate surface area is 196 Å². The van der Waals surface area contributed by atoms with Gasteiger partial charge in [0.2, 0.25) is 5.91 Å². The summed E-state index contributed by atoms with van der Waals surface area (Å²) < 4.78 is 5.36. The Morgan fingerprint density at radius 3 is 2.55 bits per heavy atom. The average molecular weight is 441 g/mol. The maximum atomic E-state index is 13.8. The predicted molar refractivity (Wildman–Crippen MR) is 133 cm³/mol. The molecule has 170 valence electrons. The number of anilines is 1. The normalized spacial score (nSPS) is 25.2. The number of amides is 1. The average Bonchev–Trinajstić information content (AvgIpc) is 3.33. The number of hydrogen-bond donors (Lipinski definition) is 0. The number of nitrogens with zero attached hydrogens (tertiary/aromatic N) is 2. The largest absolute Gasteiger partial charge is 0.385 e. The van der Waals surface area contributed by atoms with E-state index in [1.54, 1.807) is 7.11 Å². The van der Waals surface area contributed by atoms with Crippen molar-refractivity contribution < 1.29 is 9.53 Å². The monoisotopic (exact) mass is 440 g/mol. The number of piperidine rings is 1. The number of ether oxygens (including phenoxy) is 1. The Morgan fingerprint density at radius 1 is 1.00 bits per heavy atom. The number of rotatable bonds is 5. The molecule has 2 atom stereocenters. The standard InChI is InChI=1S/C29H32N2O2/c1-29(15-18-33-2)24-11-3-4-12-25(24)31(28(29)32)22-13-16-30(17-14-22)26-19-21-9-5-7-20-8-6-10-23(26)27(20)21/h3-12,22,26H,13-19H2,1-2H3. The van der Waals surface area contributed by atoms with E-state index < -0.39 is 5.41 Å². The highest BCUT2D eigenvalue weighted by molar-refractivity contribution is 6.08. The number of likely N-dealkylation sites (tertiary alicyclic amines) is 1. The molecule has 0 spiro atoms. The minimum Gasteiger partial charge on any atom is -0.385 e. The molecule has 2 aliphatic heterocycles. The second-order valence-electron chi connectivity index (χ2n) is 10.1. The van der Waals surface area contributed by atoms with Gasteiger partial charge in [-0.2, -0.15) is 0 Å². The summed E-state index contributed by atoms with van der Waals surface area (Å²) in [5.41, 5.74) is 4.74. The fraction of sp³-hybridized carbons (Fsp3) is 0.414. The van der Waals surface area contributed by atoms with Crippen LogP contribution in [0.4, 0.5) is 5.69 Å². The lowest BCUT2D eigenvalue weighted by atomic mass is 9.81. The zero-order chi connectivity index (χ0) is 22.6. The summed E-state index contributed by atoms with van der Waals surface area (Å²) in [5.74, 6) is 0.247. The van der Waals surface area contributed by atoms with Crippen molar-refractivity contribution in [2.45, 2.75) is 50.1 Å². The van der Waals surface area contributed by atoms with Gasteiger partial charge in [0.25, 0.3) is 0 Å². The summed E-state index contributed by atoms with van der Waals surface area (Å²) >= 11 is 0. The minimum absolute atomic E-state index is 0.247. The Balaban J connectivity index is 1.22. The number of carbonyl (C=O) groups excluding carboxylic acids is 1. The molecule has 0 N–H and O–H groups in total. The van der Waals surface area contributed by atoms with Crippen LogP contribution in [0.2, 0.25) is 0 Å². The van der Waals surface area contributed by atoms with Crippen LogP contribution in [0.1, 0.15) is 48.9 Å². The number of hydrogen-bond acceptors (Lipinski definition) is 3. The fourth-order valence-corrected chi connectivity index (χ4v) is 6.55. The predicted octanol–water partition coefficient (Wildman–Crippen LogP) is 5.24. The van der Waals surface area contributed by atoms with Crippen molar-refractivity contribution in [3.63, 3.8) is 0 Å². The van der Waals surface area contributed by atoms with Gasteiger partial charge in [0.1, 0.15) is 0 Å². The van der Waals surface area contributed by atoms with Crippen LogP contribution < -0.4 is 4.90 Å². The quantitative estimate of drug-likeness (QED) is 0.544. The minimum atomic E-state index is -0.494. The molecule has 3 aromatic rings. The third kappa shape index (κ3) is 3.15. The van der Waals surface area contributed by atoms with Crippen molar-refractivity contribution in [3.8, 4) is 0 Å². The molecule has 4 nitrogen and oxygen atoms in total. The van der Waals surface area contributed by atoms with E-state index in [1.807, 2.05) is 0 Å². The number of fused-ring (bicyclic) bond motifs is 1. The van der Waals surface area contributed by atoms with E-state index in [1.165, 1.54) is 21.9 Å². The SMILES string of the molecule is COCCC1(C)C(=O)N(C2CCN(C3Cc4cccc5cccc3c45)CC2)c2ccccc21. The van der Waals surface area contributed by atoms with E-state index in [2.05, 4.69) is 77.4 Å². The van der Waals surface area contributed by atoms with Gasteiger partial charge >= 0.3 is 0 Å². The first-order valence-corrected chi connectivity index (χ1v) is 12.3. The smallest absolute Gasteiger partial charge is 0.237 e. The lowest BCUT2D eigenvalue weighted by Crippen LogP contribution is -2.50. The van der Waals surface area contributed by atoms with Crippen molar-refractivity contribution in [1.82, 2.24) is 4.90 Å². The molecule has 2 heterocycles. The molecule has 6 rings (SSSR count). The summed E-state index contributed by atoms with van der Waals surface area (Å²) in [7, 11) is 1.71. The van der Waals surface area contributed by atoms with Gasteiger partial charge in [-0.05, 0) is 66.1 Å². The third-order valence-corrected chi connectivity index (χ3v) is 8.36. The fourth-order valence-electron chi connectivity index (χ4n) is 6.55. The lowest BCUT2D eigenvalue weighted by Gasteiger charge is -2.40. The van der Waals surface area contributed by atoms with Crippen molar-refractivity contribution in [2.24, 2.45) is 0 Å². The Morgan fingerprint density at radius 2 is 1.76 bits per heavy atom. The second kappa shape index (κ2) is 7.96. The molecule has 0 saturated carbocycles. The van der Waals surface area contributed by atoms with E-state index >= 15 is 0 Å². The molecular weight excluding hydrogens is 408 g/mol. The van der Waals surface area contributed by atoms with Crippen LogP contribution in [0.3, 0.4) is 0 Å². The maximum absolute atomic E-state index is 13.8. The molecule has 1 aliphatic carbocycles. The van der Waals surface area contributed by atoms with Crippen LogP contribution in [0.25, 0.3) is 10.8 Å². The van der Waals surface area contributed by atoms with Gasteiger partial charge in [0.15, 0.2) is 0 Å². The molecule has 0 aromatic heterocycles. The Hall–Kier alpha value is -2.69. The van der Waals surface area contributed by atoms with Crippen LogP contribution in [-0.2, 0) is 21.4 Å². The van der Waals surface area contributed by atoms with Crippen LogP contribution >= 0.6 is 0 Å². The summed E-state index contributed by atoms with van der Waals surface area (Å²) in [6.45, 7) is 4.75. The van der Waals surface area contributed by atoms with Crippen molar-refractivity contribution >= 4 is 22.4 Å². The molecule has 1 fully saturated rings. The molecule has 1 amide bonds. The number of benzene rings is 3. The van der Waals surface area contributed by atoms with E-state index in [-0.39, 0.29) is 11.9 Å². The number of carbonyl (C=O) groups is 1. The first kappa shape index (κ1) is 20.9. The van der Waals surface area contributed by atoms with Crippen molar-refractivity contribution in [3.05, 3.63) is 77.4 Å². The first-order chi connectivity index (χ1) is 16.1. The molecule has 1 saturated heterocycles. The molecule has 33 heavy (non-hydrogen) atoms. The molecule has 3 aromatic carbocycles. The highest BCUT2D eigenvalue weighted by Gasteiger charge is 2.49. The van der Waals surface area contributed by atoms with Crippen LogP contribution in [0, 0.1) is 0 Å². The van der Waals surface area contributed by atoms with Crippen LogP contribution in [0.5, 0.6) is 0 Å². The zero-order valence-electron chi connectivity index (χ0n) is 19.6. The van der Waals surface area contributed by atoms with Gasteiger partial charge in [-0.15, -0.1) is 0 Å². The molecule has 3 aliphatic rings. The summed E-state index contributed by atoms with van der Waals surface area (Å²) in [6.07, 6.45) is 3.85. The first-order valence-electron chi connectivity index (χ1n) is 12.3. The van der Waals surface area contributed by atoms with Gasteiger partial charge in [0, 0.05) is 44.6 Å². The van der Waals surface area contributed by atoms with Gasteiger partial charge in [-0.3, -0.25) is 9.69 Å². The van der Waals surface area contributed by atoms with E-state index in [0.29, 0.717) is 12.6 Å². The highest BCUT2D eigenvalue weighted by atomic mass is 16.5. The highest BCUT2D eigenvalue weighted by Crippen LogP contribution is 2.47. The lowest BCUT2D eigenvalue weighted by molar-refractivity contribution is -0.124. The zero-order valence-corrected chi connectivity index (χ0v) is 19.6. The van der Waals surface area contributed by atoms with Crippen molar-refractivity contribution in [1.29, 1.82) is 0 Å². The van der Waals surface area contributed by atoms with Gasteiger partial charge in [-0.1, -0.05) is 54.6 Å². The van der Waals surface area contributed by atoms with Crippen LogP contribution in [0.15, 0.2) is 60.7 Å². The van der Waals surface area contributed by atoms with E-state index in [4.69, 9.17) is 4.74 Å². The van der Waals surface area contributed by atoms with Gasteiger partial charge in [-0.25, -0.2) is 0 Å². The second-order valence-corrected chi connectivity index (χ2v) is 10.1. The van der Waals surface area contributed by atoms with Gasteiger partial charge in [0.05, 0.1) is 5.41 Å². The van der Waals surface area contributed by atoms with E-state index in [9.17, 15) is 4.79 Å². The Bertz CT molecular complexity index is 1210. The maximum Gasteiger partial charge on any atom is 0.237 e. The molecule has 2 unspecified atom stereocenters. The third-order valence-electron chi connectivity index (χ3n) is 8.36. The molecule has 0 radical (unpaired) electrons. The number of methoxy groups -OCH3 is 1. The molecule has 4 heteroatoms. The molecule has 0 bridgehead atoms. The van der Waals surface area contributed by atoms with Crippen molar-refractivity contribution in [2.75, 3.05) is 31.7 Å². The van der Waals surface area contributed by atoms with E-state index in [0.717, 1.165) is 50.0 Å². The summed E-state index contributed by atoms with van der Waals surface area (Å²) in [5, 5.41) is 2.82. The number of para-hydroxylation sites is 1. The van der Waals surface area contributed by atoms with Crippen LogP contribution in [-0.4, -0.2) is 43.7 Å². The summed E-state index contributed by atoms with van der Waals surface area (Å²) in [4.78, 5) is 18.5. The Kier molecular flexibility index (Phi) is 5.04. The van der Waals surface area contributed by atoms with Gasteiger partial charge < -0.3 is 9.64 Å². The topological polar surface area (TPSA) is 32.8 Å².